The van der Waals surface area contributed by atoms with Crippen LogP contribution >= 0.6 is 0 Å². The third kappa shape index (κ3) is 4.62. The number of hydrogen-bond donors (Lipinski definition) is 4. The maximum atomic E-state index is 11.0. The van der Waals surface area contributed by atoms with Crippen LogP contribution in [0.4, 0.5) is 0 Å². The van der Waals surface area contributed by atoms with Gasteiger partial charge in [0.25, 0.3) is 0 Å². The Morgan fingerprint density at radius 2 is 1.21 bits per heavy atom. The van der Waals surface area contributed by atoms with Crippen LogP contribution in [0, 0.1) is 0 Å². The van der Waals surface area contributed by atoms with Crippen molar-refractivity contribution in [1.29, 1.82) is 0 Å². The highest BCUT2D eigenvalue weighted by Gasteiger charge is 2.12. The predicted octanol–water partition coefficient (Wildman–Crippen LogP) is 4.07. The molecule has 0 atom stereocenters. The molecule has 5 nitrogen and oxygen atoms in total. The zero-order chi connectivity index (χ0) is 20.1. The first kappa shape index (κ1) is 19.3. The highest BCUT2D eigenvalue weighted by atomic mass is 16.4. The van der Waals surface area contributed by atoms with E-state index in [0.29, 0.717) is 12.8 Å². The number of phenolic OH excluding ortho intramolecular Hbond substituents is 2. The van der Waals surface area contributed by atoms with Crippen LogP contribution in [0.2, 0.25) is 0 Å². The minimum absolute atomic E-state index is 0.130. The number of aromatic carboxylic acids is 1. The zero-order valence-electron chi connectivity index (χ0n) is 15.3. The van der Waals surface area contributed by atoms with Crippen molar-refractivity contribution in [1.82, 2.24) is 0 Å². The molecule has 0 unspecified atom stereocenters. The molecule has 0 aromatic heterocycles. The lowest BCUT2D eigenvalue weighted by Gasteiger charge is -2.12. The van der Waals surface area contributed by atoms with E-state index in [2.05, 4.69) is 0 Å². The van der Waals surface area contributed by atoms with Crippen LogP contribution in [-0.2, 0) is 25.7 Å². The second-order valence-electron chi connectivity index (χ2n) is 6.75. The predicted molar refractivity (Wildman–Crippen MR) is 106 cm³/mol. The minimum Gasteiger partial charge on any atom is -0.507 e. The molecule has 0 heterocycles. The summed E-state index contributed by atoms with van der Waals surface area (Å²) >= 11 is 0. The molecule has 0 radical (unpaired) electrons. The van der Waals surface area contributed by atoms with Crippen LogP contribution in [0.5, 0.6) is 17.2 Å². The maximum Gasteiger partial charge on any atom is 0.339 e. The molecular weight excluding hydrogens is 356 g/mol. The Morgan fingerprint density at radius 1 is 0.643 bits per heavy atom. The summed E-state index contributed by atoms with van der Waals surface area (Å²) in [6, 6.07) is 17.7. The Labute approximate surface area is 163 Å². The lowest BCUT2D eigenvalue weighted by molar-refractivity contribution is 0.0693. The highest BCUT2D eigenvalue weighted by Crippen LogP contribution is 2.30. The molecule has 0 saturated heterocycles. The van der Waals surface area contributed by atoms with E-state index < -0.39 is 5.97 Å². The van der Waals surface area contributed by atoms with Crippen molar-refractivity contribution in [3.05, 3.63) is 88.5 Å². The molecular formula is C23H22O5. The van der Waals surface area contributed by atoms with Crippen molar-refractivity contribution in [2.24, 2.45) is 0 Å². The number of aryl methyl sites for hydroxylation is 4. The van der Waals surface area contributed by atoms with E-state index in [0.717, 1.165) is 29.5 Å². The summed E-state index contributed by atoms with van der Waals surface area (Å²) < 4.78 is 0. The van der Waals surface area contributed by atoms with Gasteiger partial charge in [-0.1, -0.05) is 36.4 Å². The third-order valence-electron chi connectivity index (χ3n) is 4.80. The number of carboxylic acids is 1. The van der Waals surface area contributed by atoms with E-state index in [1.54, 1.807) is 18.2 Å². The van der Waals surface area contributed by atoms with Gasteiger partial charge in [0.2, 0.25) is 0 Å². The molecule has 3 aromatic carbocycles. The fraction of sp³-hybridized carbons (Fsp3) is 0.174. The van der Waals surface area contributed by atoms with E-state index >= 15 is 0 Å². The van der Waals surface area contributed by atoms with Crippen LogP contribution in [0.3, 0.4) is 0 Å². The molecule has 0 saturated carbocycles. The normalized spacial score (nSPS) is 10.7. The van der Waals surface area contributed by atoms with Gasteiger partial charge in [0.05, 0.1) is 0 Å². The van der Waals surface area contributed by atoms with Crippen LogP contribution in [0.25, 0.3) is 0 Å². The standard InChI is InChI=1S/C23H22O5/c24-20-12-16(8-11-19(20)23(27)28)7-10-18-14-22(26)21(25)13-17(18)9-6-15-4-2-1-3-5-15/h1-5,8,11-14,24-26H,6-7,9-10H2,(H,27,28). The smallest absolute Gasteiger partial charge is 0.339 e. The lowest BCUT2D eigenvalue weighted by atomic mass is 9.94. The first-order valence-electron chi connectivity index (χ1n) is 9.07. The molecule has 4 N–H and O–H groups in total. The maximum absolute atomic E-state index is 11.0. The van der Waals surface area contributed by atoms with Crippen LogP contribution < -0.4 is 0 Å². The van der Waals surface area contributed by atoms with Crippen molar-refractivity contribution in [2.75, 3.05) is 0 Å². The first-order valence-corrected chi connectivity index (χ1v) is 9.07. The van der Waals surface area contributed by atoms with Crippen molar-refractivity contribution >= 4 is 5.97 Å². The van der Waals surface area contributed by atoms with E-state index in [1.807, 2.05) is 30.3 Å². The van der Waals surface area contributed by atoms with E-state index in [4.69, 9.17) is 5.11 Å². The van der Waals surface area contributed by atoms with Gasteiger partial charge in [-0.25, -0.2) is 4.79 Å². The zero-order valence-corrected chi connectivity index (χ0v) is 15.3. The monoisotopic (exact) mass is 378 g/mol. The molecule has 0 aliphatic heterocycles. The van der Waals surface area contributed by atoms with Crippen LogP contribution in [0.15, 0.2) is 60.7 Å². The van der Waals surface area contributed by atoms with Gasteiger partial charge >= 0.3 is 5.97 Å². The molecule has 0 amide bonds. The number of carbonyl (C=O) groups is 1. The van der Waals surface area contributed by atoms with E-state index in [1.165, 1.54) is 17.7 Å². The van der Waals surface area contributed by atoms with Gasteiger partial charge < -0.3 is 20.4 Å². The Morgan fingerprint density at radius 3 is 1.75 bits per heavy atom. The van der Waals surface area contributed by atoms with Gasteiger partial charge in [0, 0.05) is 0 Å². The van der Waals surface area contributed by atoms with Crippen LogP contribution in [0.1, 0.15) is 32.6 Å². The summed E-state index contributed by atoms with van der Waals surface area (Å²) in [5.74, 6) is -1.74. The van der Waals surface area contributed by atoms with Gasteiger partial charge in [-0.15, -0.1) is 0 Å². The molecule has 0 aliphatic carbocycles. The first-order chi connectivity index (χ1) is 13.4. The van der Waals surface area contributed by atoms with Crippen molar-refractivity contribution in [2.45, 2.75) is 25.7 Å². The number of rotatable bonds is 7. The van der Waals surface area contributed by atoms with Gasteiger partial charge in [-0.3, -0.25) is 0 Å². The summed E-state index contributed by atoms with van der Waals surface area (Å²) in [6.07, 6.45) is 2.68. The minimum atomic E-state index is -1.17. The lowest BCUT2D eigenvalue weighted by Crippen LogP contribution is -2.01. The summed E-state index contributed by atoms with van der Waals surface area (Å²) in [7, 11) is 0. The molecule has 0 aliphatic rings. The number of phenols is 3. The average Bonchev–Trinajstić information content (AvgIpc) is 2.68. The Kier molecular flexibility index (Phi) is 5.84. The van der Waals surface area contributed by atoms with Crippen molar-refractivity contribution in [3.8, 4) is 17.2 Å². The summed E-state index contributed by atoms with van der Waals surface area (Å²) in [5.41, 5.74) is 3.72. The average molecular weight is 378 g/mol. The molecule has 0 fully saturated rings. The molecule has 3 aromatic rings. The largest absolute Gasteiger partial charge is 0.507 e. The summed E-state index contributed by atoms with van der Waals surface area (Å²) in [5, 5.41) is 38.6. The van der Waals surface area contributed by atoms with Gasteiger partial charge in [-0.2, -0.15) is 0 Å². The highest BCUT2D eigenvalue weighted by molar-refractivity contribution is 5.90. The second-order valence-corrected chi connectivity index (χ2v) is 6.75. The molecule has 144 valence electrons. The second kappa shape index (κ2) is 8.48. The Hall–Kier alpha value is -3.47. The van der Waals surface area contributed by atoms with Crippen molar-refractivity contribution in [3.63, 3.8) is 0 Å². The van der Waals surface area contributed by atoms with Crippen LogP contribution in [-0.4, -0.2) is 26.4 Å². The fourth-order valence-electron chi connectivity index (χ4n) is 3.25. The fourth-order valence-corrected chi connectivity index (χ4v) is 3.25. The van der Waals surface area contributed by atoms with Gasteiger partial charge in [0.1, 0.15) is 11.3 Å². The van der Waals surface area contributed by atoms with E-state index in [9.17, 15) is 20.1 Å². The number of hydrogen-bond acceptors (Lipinski definition) is 4. The van der Waals surface area contributed by atoms with Gasteiger partial charge in [0.15, 0.2) is 11.5 Å². The number of benzene rings is 3. The third-order valence-corrected chi connectivity index (χ3v) is 4.80. The summed E-state index contributed by atoms with van der Waals surface area (Å²) in [6.45, 7) is 0. The number of aromatic hydroxyl groups is 3. The van der Waals surface area contributed by atoms with E-state index in [-0.39, 0.29) is 22.8 Å². The number of carboxylic acid groups (broad SMARTS) is 1. The molecule has 5 heteroatoms. The quantitative estimate of drug-likeness (QED) is 0.465. The summed E-state index contributed by atoms with van der Waals surface area (Å²) in [4.78, 5) is 11.0. The topological polar surface area (TPSA) is 98.0 Å². The Balaban J connectivity index is 1.76. The Bertz CT molecular complexity index is 980. The molecule has 0 spiro atoms. The molecule has 3 rings (SSSR count). The van der Waals surface area contributed by atoms with Gasteiger partial charge in [-0.05, 0) is 72.2 Å². The van der Waals surface area contributed by atoms with Crippen molar-refractivity contribution < 1.29 is 25.2 Å². The molecule has 0 bridgehead atoms. The molecule has 28 heavy (non-hydrogen) atoms. The SMILES string of the molecule is O=C(O)c1ccc(CCc2cc(O)c(O)cc2CCc2ccccc2)cc1O.